The van der Waals surface area contributed by atoms with Crippen molar-refractivity contribution in [2.45, 2.75) is 39.7 Å². The van der Waals surface area contributed by atoms with Crippen LogP contribution in [0.1, 0.15) is 31.7 Å². The number of halogens is 1. The Kier molecular flexibility index (Phi) is 3.91. The largest absolute Gasteiger partial charge is 0.364 e. The van der Waals surface area contributed by atoms with Gasteiger partial charge in [0.05, 0.1) is 17.6 Å². The van der Waals surface area contributed by atoms with Gasteiger partial charge in [0.15, 0.2) is 0 Å². The second kappa shape index (κ2) is 4.79. The van der Waals surface area contributed by atoms with E-state index in [-0.39, 0.29) is 5.54 Å². The summed E-state index contributed by atoms with van der Waals surface area (Å²) in [4.78, 5) is 8.69. The number of nitrogens with one attached hydrogen (secondary N) is 1. The molecule has 1 N–H and O–H groups in total. The quantitative estimate of drug-likeness (QED) is 0.804. The number of nitrogens with zero attached hydrogens (tertiary/aromatic N) is 2. The topological polar surface area (TPSA) is 37.8 Å². The summed E-state index contributed by atoms with van der Waals surface area (Å²) in [6, 6.07) is 0. The summed E-state index contributed by atoms with van der Waals surface area (Å²) in [6.07, 6.45) is 2.65. The molecule has 1 rings (SSSR count). The van der Waals surface area contributed by atoms with Gasteiger partial charge in [-0.05, 0) is 34.1 Å². The first-order chi connectivity index (χ1) is 6.94. The first-order valence-electron chi connectivity index (χ1n) is 5.09. The van der Waals surface area contributed by atoms with Crippen molar-refractivity contribution in [1.82, 2.24) is 9.97 Å². The van der Waals surface area contributed by atoms with Crippen LogP contribution in [-0.4, -0.2) is 21.4 Å². The Morgan fingerprint density at radius 1 is 1.33 bits per heavy atom. The van der Waals surface area contributed by atoms with Gasteiger partial charge in [0.2, 0.25) is 0 Å². The van der Waals surface area contributed by atoms with Crippen LogP contribution in [0.2, 0.25) is 0 Å². The molecule has 0 bridgehead atoms. The van der Waals surface area contributed by atoms with Gasteiger partial charge in [-0.2, -0.15) is 0 Å². The molecule has 1 heterocycles. The molecule has 3 nitrogen and oxygen atoms in total. The van der Waals surface area contributed by atoms with Crippen LogP contribution in [0.15, 0.2) is 6.20 Å². The average molecular weight is 228 g/mol. The average Bonchev–Trinajstić information content (AvgIpc) is 2.10. The third kappa shape index (κ3) is 3.67. The highest BCUT2D eigenvalue weighted by atomic mass is 35.5. The van der Waals surface area contributed by atoms with Crippen LogP contribution in [-0.2, 0) is 0 Å². The highest BCUT2D eigenvalue weighted by Gasteiger charge is 2.17. The lowest BCUT2D eigenvalue weighted by Gasteiger charge is -2.26. The Balaban J connectivity index is 2.76. The third-order valence-corrected chi connectivity index (χ3v) is 2.57. The number of anilines is 1. The molecule has 0 aliphatic heterocycles. The van der Waals surface area contributed by atoms with Gasteiger partial charge >= 0.3 is 0 Å². The molecule has 4 heteroatoms. The van der Waals surface area contributed by atoms with Crippen molar-refractivity contribution in [2.24, 2.45) is 0 Å². The molecule has 0 saturated carbocycles. The van der Waals surface area contributed by atoms with Gasteiger partial charge in [0.1, 0.15) is 5.82 Å². The molecule has 0 fully saturated rings. The van der Waals surface area contributed by atoms with E-state index in [1.54, 1.807) is 6.20 Å². The maximum atomic E-state index is 5.73. The zero-order chi connectivity index (χ0) is 11.5. The minimum atomic E-state index is -0.0435. The van der Waals surface area contributed by atoms with Crippen LogP contribution in [0, 0.1) is 13.8 Å². The first kappa shape index (κ1) is 12.2. The van der Waals surface area contributed by atoms with E-state index in [2.05, 4.69) is 29.1 Å². The Hall–Kier alpha value is -0.830. The fourth-order valence-electron chi connectivity index (χ4n) is 1.25. The molecule has 1 aromatic heterocycles. The molecule has 0 spiro atoms. The Labute approximate surface area is 96.3 Å². The van der Waals surface area contributed by atoms with Crippen molar-refractivity contribution in [2.75, 3.05) is 11.2 Å². The van der Waals surface area contributed by atoms with E-state index < -0.39 is 0 Å². The van der Waals surface area contributed by atoms with Crippen molar-refractivity contribution in [3.63, 3.8) is 0 Å². The Morgan fingerprint density at radius 2 is 2.00 bits per heavy atom. The van der Waals surface area contributed by atoms with Crippen LogP contribution in [0.4, 0.5) is 5.82 Å². The van der Waals surface area contributed by atoms with Gasteiger partial charge in [-0.3, -0.25) is 4.98 Å². The van der Waals surface area contributed by atoms with E-state index in [9.17, 15) is 0 Å². The molecule has 0 radical (unpaired) electrons. The number of aryl methyl sites for hydroxylation is 2. The maximum absolute atomic E-state index is 5.73. The van der Waals surface area contributed by atoms with Gasteiger partial charge in [-0.15, -0.1) is 11.6 Å². The summed E-state index contributed by atoms with van der Waals surface area (Å²) >= 11 is 5.73. The molecule has 0 aliphatic rings. The van der Waals surface area contributed by atoms with Gasteiger partial charge in [-0.25, -0.2) is 4.98 Å². The highest BCUT2D eigenvalue weighted by Crippen LogP contribution is 2.17. The smallest absolute Gasteiger partial charge is 0.145 e. The summed E-state index contributed by atoms with van der Waals surface area (Å²) in [5, 5.41) is 3.33. The van der Waals surface area contributed by atoms with E-state index in [4.69, 9.17) is 11.6 Å². The standard InChI is InChI=1S/C11H18ClN3/c1-8-9(2)14-10(7-13-8)15-11(3,4)5-6-12/h7H,5-6H2,1-4H3,(H,14,15). The monoisotopic (exact) mass is 227 g/mol. The second-order valence-corrected chi connectivity index (χ2v) is 4.75. The molecule has 84 valence electrons. The van der Waals surface area contributed by atoms with Crippen molar-refractivity contribution in [1.29, 1.82) is 0 Å². The van der Waals surface area contributed by atoms with E-state index >= 15 is 0 Å². The zero-order valence-electron chi connectivity index (χ0n) is 9.76. The summed E-state index contributed by atoms with van der Waals surface area (Å²) < 4.78 is 0. The number of alkyl halides is 1. The third-order valence-electron chi connectivity index (χ3n) is 2.38. The minimum absolute atomic E-state index is 0.0435. The molecular weight excluding hydrogens is 210 g/mol. The fraction of sp³-hybridized carbons (Fsp3) is 0.636. The molecule has 0 amide bonds. The lowest BCUT2D eigenvalue weighted by atomic mass is 10.0. The van der Waals surface area contributed by atoms with E-state index in [1.165, 1.54) is 0 Å². The van der Waals surface area contributed by atoms with E-state index in [0.29, 0.717) is 5.88 Å². The molecule has 0 saturated heterocycles. The number of hydrogen-bond acceptors (Lipinski definition) is 3. The highest BCUT2D eigenvalue weighted by molar-refractivity contribution is 6.17. The lowest BCUT2D eigenvalue weighted by Crippen LogP contribution is -2.31. The van der Waals surface area contributed by atoms with Crippen LogP contribution < -0.4 is 5.32 Å². The summed E-state index contributed by atoms with van der Waals surface area (Å²) in [6.45, 7) is 8.12. The molecule has 0 aromatic carbocycles. The normalized spacial score (nSPS) is 11.5. The summed E-state index contributed by atoms with van der Waals surface area (Å²) in [5.74, 6) is 1.45. The number of aromatic nitrogens is 2. The van der Waals surface area contributed by atoms with Gasteiger partial charge in [0, 0.05) is 11.4 Å². The van der Waals surface area contributed by atoms with Gasteiger partial charge in [0.25, 0.3) is 0 Å². The van der Waals surface area contributed by atoms with E-state index in [0.717, 1.165) is 23.6 Å². The number of hydrogen-bond donors (Lipinski definition) is 1. The predicted molar refractivity (Wildman–Crippen MR) is 64.5 cm³/mol. The van der Waals surface area contributed by atoms with Crippen molar-refractivity contribution in [3.8, 4) is 0 Å². The lowest BCUT2D eigenvalue weighted by molar-refractivity contribution is 0.547. The molecule has 0 aliphatic carbocycles. The minimum Gasteiger partial charge on any atom is -0.364 e. The van der Waals surface area contributed by atoms with E-state index in [1.807, 2.05) is 13.8 Å². The molecule has 1 aromatic rings. The molecule has 15 heavy (non-hydrogen) atoms. The van der Waals surface area contributed by atoms with Crippen molar-refractivity contribution >= 4 is 17.4 Å². The van der Waals surface area contributed by atoms with Crippen LogP contribution in [0.5, 0.6) is 0 Å². The number of rotatable bonds is 4. The Morgan fingerprint density at radius 3 is 2.53 bits per heavy atom. The first-order valence-corrected chi connectivity index (χ1v) is 5.62. The molecule has 0 atom stereocenters. The van der Waals surface area contributed by atoms with Crippen LogP contribution in [0.3, 0.4) is 0 Å². The van der Waals surface area contributed by atoms with Crippen LogP contribution in [0.25, 0.3) is 0 Å². The van der Waals surface area contributed by atoms with Crippen molar-refractivity contribution < 1.29 is 0 Å². The summed E-state index contributed by atoms with van der Waals surface area (Å²) in [7, 11) is 0. The second-order valence-electron chi connectivity index (χ2n) is 4.37. The Bertz CT molecular complexity index is 337. The predicted octanol–water partition coefficient (Wildman–Crippen LogP) is 2.91. The van der Waals surface area contributed by atoms with Crippen molar-refractivity contribution in [3.05, 3.63) is 17.6 Å². The molecular formula is C11H18ClN3. The summed E-state index contributed by atoms with van der Waals surface area (Å²) in [5.41, 5.74) is 1.88. The fourth-order valence-corrected chi connectivity index (χ4v) is 1.72. The van der Waals surface area contributed by atoms with Crippen LogP contribution >= 0.6 is 11.6 Å². The molecule has 0 unspecified atom stereocenters. The van der Waals surface area contributed by atoms with Gasteiger partial charge in [-0.1, -0.05) is 0 Å². The van der Waals surface area contributed by atoms with Gasteiger partial charge < -0.3 is 5.32 Å². The SMILES string of the molecule is Cc1ncc(NC(C)(C)CCCl)nc1C. The zero-order valence-corrected chi connectivity index (χ0v) is 10.5. The maximum Gasteiger partial charge on any atom is 0.145 e.